The Morgan fingerprint density at radius 2 is 2.06 bits per heavy atom. The van der Waals surface area contributed by atoms with Crippen LogP contribution in [0.15, 0.2) is 0 Å². The van der Waals surface area contributed by atoms with Gasteiger partial charge >= 0.3 is 0 Å². The van der Waals surface area contributed by atoms with Crippen molar-refractivity contribution in [2.24, 2.45) is 11.3 Å². The fraction of sp³-hybridized carbons (Fsp3) is 1.00. The van der Waals surface area contributed by atoms with Crippen molar-refractivity contribution in [3.63, 3.8) is 0 Å². The molecule has 1 aliphatic rings. The summed E-state index contributed by atoms with van der Waals surface area (Å²) in [6.07, 6.45) is 6.77. The highest BCUT2D eigenvalue weighted by molar-refractivity contribution is 7.99. The summed E-state index contributed by atoms with van der Waals surface area (Å²) >= 11 is 2.23. The highest BCUT2D eigenvalue weighted by atomic mass is 32.2. The largest absolute Gasteiger partial charge is 0.312 e. The lowest BCUT2D eigenvalue weighted by Crippen LogP contribution is -2.51. The number of hydrogen-bond acceptors (Lipinski definition) is 2. The maximum Gasteiger partial charge on any atom is 0.0237 e. The highest BCUT2D eigenvalue weighted by Crippen LogP contribution is 2.41. The molecule has 0 saturated heterocycles. The molecule has 0 bridgehead atoms. The Kier molecular flexibility index (Phi) is 7.08. The lowest BCUT2D eigenvalue weighted by Gasteiger charge is -2.44. The van der Waals surface area contributed by atoms with Crippen molar-refractivity contribution in [1.29, 1.82) is 0 Å². The molecule has 0 amide bonds. The van der Waals surface area contributed by atoms with Crippen LogP contribution in [0.4, 0.5) is 0 Å². The van der Waals surface area contributed by atoms with Crippen LogP contribution < -0.4 is 5.32 Å². The molecule has 0 radical (unpaired) electrons. The molecule has 1 N–H and O–H groups in total. The smallest absolute Gasteiger partial charge is 0.0237 e. The van der Waals surface area contributed by atoms with Gasteiger partial charge in [0.2, 0.25) is 0 Å². The SMILES string of the molecule is CCCNC1C(SCC(C)CC)CCCC1(C)C. The average molecular weight is 272 g/mol. The molecule has 0 spiro atoms. The predicted octanol–water partition coefficient (Wildman–Crippen LogP) is 4.71. The van der Waals surface area contributed by atoms with Crippen LogP contribution in [0.25, 0.3) is 0 Å². The number of hydrogen-bond donors (Lipinski definition) is 1. The fourth-order valence-corrected chi connectivity index (χ4v) is 4.68. The summed E-state index contributed by atoms with van der Waals surface area (Å²) in [6, 6.07) is 0.709. The third-order valence-electron chi connectivity index (χ3n) is 4.43. The Morgan fingerprint density at radius 3 is 2.67 bits per heavy atom. The zero-order valence-corrected chi connectivity index (χ0v) is 13.9. The normalized spacial score (nSPS) is 29.2. The Morgan fingerprint density at radius 1 is 1.33 bits per heavy atom. The summed E-state index contributed by atoms with van der Waals surface area (Å²) < 4.78 is 0. The van der Waals surface area contributed by atoms with E-state index >= 15 is 0 Å². The average Bonchev–Trinajstić information content (AvgIpc) is 2.34. The number of nitrogens with one attached hydrogen (secondary N) is 1. The maximum atomic E-state index is 3.83. The van der Waals surface area contributed by atoms with Gasteiger partial charge in [-0.3, -0.25) is 0 Å². The van der Waals surface area contributed by atoms with Crippen LogP contribution in [-0.4, -0.2) is 23.6 Å². The molecule has 3 atom stereocenters. The van der Waals surface area contributed by atoms with Gasteiger partial charge in [-0.05, 0) is 42.9 Å². The van der Waals surface area contributed by atoms with E-state index in [4.69, 9.17) is 0 Å². The van der Waals surface area contributed by atoms with Crippen molar-refractivity contribution in [2.45, 2.75) is 78.0 Å². The molecule has 18 heavy (non-hydrogen) atoms. The molecule has 0 aromatic carbocycles. The molecule has 1 saturated carbocycles. The highest BCUT2D eigenvalue weighted by Gasteiger charge is 2.38. The maximum absolute atomic E-state index is 3.83. The molecule has 108 valence electrons. The molecule has 0 aromatic rings. The van der Waals surface area contributed by atoms with Crippen LogP contribution in [0.1, 0.15) is 66.7 Å². The molecule has 3 unspecified atom stereocenters. The van der Waals surface area contributed by atoms with Gasteiger partial charge in [0, 0.05) is 11.3 Å². The summed E-state index contributed by atoms with van der Waals surface area (Å²) in [7, 11) is 0. The zero-order chi connectivity index (χ0) is 13.6. The van der Waals surface area contributed by atoms with Crippen LogP contribution >= 0.6 is 11.8 Å². The van der Waals surface area contributed by atoms with Gasteiger partial charge in [0.1, 0.15) is 0 Å². The van der Waals surface area contributed by atoms with Crippen LogP contribution in [0.2, 0.25) is 0 Å². The lowest BCUT2D eigenvalue weighted by atomic mass is 9.73. The van der Waals surface area contributed by atoms with Crippen molar-refractivity contribution in [2.75, 3.05) is 12.3 Å². The van der Waals surface area contributed by atoms with E-state index in [0.717, 1.165) is 11.2 Å². The first-order valence-electron chi connectivity index (χ1n) is 7.86. The Balaban J connectivity index is 2.55. The van der Waals surface area contributed by atoms with Gasteiger partial charge in [0.15, 0.2) is 0 Å². The summed E-state index contributed by atoms with van der Waals surface area (Å²) in [6.45, 7) is 13.0. The van der Waals surface area contributed by atoms with Crippen molar-refractivity contribution in [1.82, 2.24) is 5.32 Å². The summed E-state index contributed by atoms with van der Waals surface area (Å²) in [4.78, 5) is 0. The molecular weight excluding hydrogens is 238 g/mol. The molecule has 1 aliphatic carbocycles. The van der Waals surface area contributed by atoms with Gasteiger partial charge in [-0.1, -0.05) is 47.5 Å². The second-order valence-corrected chi connectivity index (χ2v) is 7.97. The van der Waals surface area contributed by atoms with Gasteiger partial charge in [-0.25, -0.2) is 0 Å². The predicted molar refractivity (Wildman–Crippen MR) is 85.4 cm³/mol. The Bertz CT molecular complexity index is 227. The molecule has 1 nitrogen and oxygen atoms in total. The van der Waals surface area contributed by atoms with E-state index in [0.29, 0.717) is 11.5 Å². The lowest BCUT2D eigenvalue weighted by molar-refractivity contribution is 0.175. The first-order chi connectivity index (χ1) is 8.51. The van der Waals surface area contributed by atoms with Crippen LogP contribution in [0, 0.1) is 11.3 Å². The van der Waals surface area contributed by atoms with E-state index in [1.165, 1.54) is 44.4 Å². The standard InChI is InChI=1S/C16H33NS/c1-6-11-17-15-14(18-12-13(3)7-2)9-8-10-16(15,4)5/h13-15,17H,6-12H2,1-5H3. The van der Waals surface area contributed by atoms with E-state index in [1.54, 1.807) is 0 Å². The van der Waals surface area contributed by atoms with Crippen molar-refractivity contribution >= 4 is 11.8 Å². The van der Waals surface area contributed by atoms with Gasteiger partial charge in [-0.15, -0.1) is 0 Å². The van der Waals surface area contributed by atoms with Crippen LogP contribution in [0.5, 0.6) is 0 Å². The first kappa shape index (κ1) is 16.4. The number of rotatable bonds is 7. The molecule has 2 heteroatoms. The summed E-state index contributed by atoms with van der Waals surface area (Å²) in [5.41, 5.74) is 0.473. The van der Waals surface area contributed by atoms with Crippen molar-refractivity contribution in [3.8, 4) is 0 Å². The third-order valence-corrected chi connectivity index (χ3v) is 6.13. The quantitative estimate of drug-likeness (QED) is 0.719. The van der Waals surface area contributed by atoms with E-state index < -0.39 is 0 Å². The molecule has 0 aliphatic heterocycles. The first-order valence-corrected chi connectivity index (χ1v) is 8.91. The van der Waals surface area contributed by atoms with Gasteiger partial charge in [0.25, 0.3) is 0 Å². The minimum Gasteiger partial charge on any atom is -0.312 e. The molecular formula is C16H33NS. The van der Waals surface area contributed by atoms with E-state index in [9.17, 15) is 0 Å². The van der Waals surface area contributed by atoms with Crippen LogP contribution in [-0.2, 0) is 0 Å². The van der Waals surface area contributed by atoms with E-state index in [1.807, 2.05) is 0 Å². The minimum absolute atomic E-state index is 0.473. The second kappa shape index (κ2) is 7.79. The van der Waals surface area contributed by atoms with E-state index in [2.05, 4.69) is 51.7 Å². The number of thioether (sulfide) groups is 1. The fourth-order valence-electron chi connectivity index (χ4n) is 2.88. The minimum atomic E-state index is 0.473. The van der Waals surface area contributed by atoms with E-state index in [-0.39, 0.29) is 0 Å². The van der Waals surface area contributed by atoms with Crippen LogP contribution in [0.3, 0.4) is 0 Å². The Hall–Kier alpha value is 0.310. The Labute approximate surface area is 119 Å². The van der Waals surface area contributed by atoms with Gasteiger partial charge in [0.05, 0.1) is 0 Å². The summed E-state index contributed by atoms with van der Waals surface area (Å²) in [5, 5.41) is 4.66. The van der Waals surface area contributed by atoms with Gasteiger partial charge < -0.3 is 5.32 Å². The molecule has 0 heterocycles. The summed E-state index contributed by atoms with van der Waals surface area (Å²) in [5.74, 6) is 2.20. The molecule has 1 rings (SSSR count). The molecule has 1 fully saturated rings. The monoisotopic (exact) mass is 271 g/mol. The second-order valence-electron chi connectivity index (χ2n) is 6.70. The van der Waals surface area contributed by atoms with Gasteiger partial charge in [-0.2, -0.15) is 11.8 Å². The molecule has 0 aromatic heterocycles. The van der Waals surface area contributed by atoms with Crippen molar-refractivity contribution in [3.05, 3.63) is 0 Å². The topological polar surface area (TPSA) is 12.0 Å². The van der Waals surface area contributed by atoms with Crippen molar-refractivity contribution < 1.29 is 0 Å². The zero-order valence-electron chi connectivity index (χ0n) is 13.1. The third kappa shape index (κ3) is 4.77.